The van der Waals surface area contributed by atoms with Crippen LogP contribution in [0.15, 0.2) is 24.3 Å². The first-order chi connectivity index (χ1) is 18.0. The Morgan fingerprint density at radius 3 is 2.54 bits per heavy atom. The van der Waals surface area contributed by atoms with Gasteiger partial charge in [-0.25, -0.2) is 9.78 Å². The van der Waals surface area contributed by atoms with Crippen molar-refractivity contribution in [2.24, 2.45) is 5.92 Å². The van der Waals surface area contributed by atoms with Crippen LogP contribution in [0.1, 0.15) is 75.7 Å². The van der Waals surface area contributed by atoms with E-state index in [1.165, 1.54) is 64.0 Å². The van der Waals surface area contributed by atoms with E-state index < -0.39 is 5.97 Å². The van der Waals surface area contributed by atoms with Gasteiger partial charge in [-0.2, -0.15) is 0 Å². The predicted octanol–water partition coefficient (Wildman–Crippen LogP) is 5.04. The van der Waals surface area contributed by atoms with Gasteiger partial charge in [-0.05, 0) is 50.3 Å². The van der Waals surface area contributed by atoms with Gasteiger partial charge in [0.1, 0.15) is 23.6 Å². The van der Waals surface area contributed by atoms with E-state index in [2.05, 4.69) is 29.5 Å². The van der Waals surface area contributed by atoms with Gasteiger partial charge in [-0.15, -0.1) is 0 Å². The topological polar surface area (TPSA) is 102 Å². The lowest BCUT2D eigenvalue weighted by molar-refractivity contribution is 0.0690. The number of pyridine rings is 1. The first kappa shape index (κ1) is 29.1. The molecule has 8 nitrogen and oxygen atoms in total. The average molecular weight is 516 g/mol. The quantitative estimate of drug-likeness (QED) is 0.358. The molecule has 2 heterocycles. The van der Waals surface area contributed by atoms with Gasteiger partial charge in [0.15, 0.2) is 5.69 Å². The molecular formula is C29H45N3O5. The Hall–Kier alpha value is -2.42. The van der Waals surface area contributed by atoms with Crippen molar-refractivity contribution in [2.75, 3.05) is 40.0 Å². The Morgan fingerprint density at radius 2 is 1.86 bits per heavy atom. The number of ether oxygens (including phenoxy) is 3. The highest BCUT2D eigenvalue weighted by Crippen LogP contribution is 2.33. The molecule has 1 saturated heterocycles. The lowest BCUT2D eigenvalue weighted by Gasteiger charge is -2.24. The van der Waals surface area contributed by atoms with Crippen molar-refractivity contribution in [1.82, 2.24) is 15.6 Å². The lowest BCUT2D eigenvalue weighted by atomic mass is 9.90. The Labute approximate surface area is 221 Å². The number of benzene rings is 1. The van der Waals surface area contributed by atoms with Gasteiger partial charge in [-0.3, -0.25) is 0 Å². The molecule has 0 radical (unpaired) electrons. The number of nitrogens with one attached hydrogen (secondary N) is 2. The zero-order chi connectivity index (χ0) is 26.5. The van der Waals surface area contributed by atoms with E-state index >= 15 is 0 Å². The van der Waals surface area contributed by atoms with Gasteiger partial charge in [0.05, 0.1) is 13.2 Å². The van der Waals surface area contributed by atoms with Crippen LogP contribution >= 0.6 is 0 Å². The molecule has 1 aliphatic heterocycles. The average Bonchev–Trinajstić information content (AvgIpc) is 2.92. The van der Waals surface area contributed by atoms with Crippen molar-refractivity contribution in [1.29, 1.82) is 0 Å². The van der Waals surface area contributed by atoms with Crippen LogP contribution in [-0.2, 0) is 4.74 Å². The van der Waals surface area contributed by atoms with E-state index in [4.69, 9.17) is 14.2 Å². The molecule has 1 aromatic carbocycles. The Kier molecular flexibility index (Phi) is 12.4. The first-order valence-corrected chi connectivity index (χ1v) is 13.9. The number of aromatic carboxylic acids is 1. The zero-order valence-electron chi connectivity index (χ0n) is 22.8. The smallest absolute Gasteiger partial charge is 0.354 e. The minimum absolute atomic E-state index is 0.0568. The van der Waals surface area contributed by atoms with Crippen molar-refractivity contribution in [3.63, 3.8) is 0 Å². The number of para-hydroxylation sites is 1. The number of carboxylic acids is 1. The molecule has 1 aliphatic carbocycles. The number of fused-ring (bicyclic) bond motifs is 1. The fourth-order valence-corrected chi connectivity index (χ4v) is 4.81. The van der Waals surface area contributed by atoms with Gasteiger partial charge in [0.25, 0.3) is 0 Å². The van der Waals surface area contributed by atoms with Crippen LogP contribution in [0.25, 0.3) is 10.9 Å². The van der Waals surface area contributed by atoms with Crippen molar-refractivity contribution in [2.45, 2.75) is 77.3 Å². The molecule has 2 aromatic rings. The normalized spacial score (nSPS) is 18.3. The van der Waals surface area contributed by atoms with Crippen LogP contribution < -0.4 is 20.1 Å². The molecule has 1 unspecified atom stereocenters. The standard InChI is InChI=1S/C20H25NO5.C9H20N2/c1-24-10-11-25-18-12-16(20(22)23)21-19-15(18)8-5-9-17(19)26-13-14-6-3-2-4-7-14;1-8(2)11-7-9-5-3-4-6-10-9/h5,8-9,12,14H,2-4,6-7,10-11,13H2,1H3,(H,22,23);8-11H,3-7H2,1-2H3. The number of hydrogen-bond acceptors (Lipinski definition) is 7. The number of methoxy groups -OCH3 is 1. The molecule has 1 saturated carbocycles. The first-order valence-electron chi connectivity index (χ1n) is 13.9. The summed E-state index contributed by atoms with van der Waals surface area (Å²) in [7, 11) is 1.59. The van der Waals surface area contributed by atoms with Crippen molar-refractivity contribution in [3.05, 3.63) is 30.0 Å². The van der Waals surface area contributed by atoms with E-state index in [-0.39, 0.29) is 5.69 Å². The molecule has 206 valence electrons. The number of aromatic nitrogens is 1. The third-order valence-electron chi connectivity index (χ3n) is 6.91. The number of rotatable bonds is 11. The summed E-state index contributed by atoms with van der Waals surface area (Å²) in [4.78, 5) is 15.8. The second-order valence-corrected chi connectivity index (χ2v) is 10.3. The third kappa shape index (κ3) is 9.76. The largest absolute Gasteiger partial charge is 0.491 e. The molecule has 8 heteroatoms. The highest BCUT2D eigenvalue weighted by atomic mass is 16.5. The van der Waals surface area contributed by atoms with E-state index in [9.17, 15) is 9.90 Å². The minimum atomic E-state index is -1.09. The SMILES string of the molecule is CC(C)NCC1CCCCN1.COCCOc1cc(C(=O)O)nc2c(OCC3CCCCC3)cccc12. The molecule has 0 spiro atoms. The molecule has 3 N–H and O–H groups in total. The van der Waals surface area contributed by atoms with Crippen molar-refractivity contribution >= 4 is 16.9 Å². The zero-order valence-corrected chi connectivity index (χ0v) is 22.8. The van der Waals surface area contributed by atoms with Crippen LogP contribution in [0.3, 0.4) is 0 Å². The number of carboxylic acid groups (broad SMARTS) is 1. The van der Waals surface area contributed by atoms with Crippen LogP contribution in [0, 0.1) is 5.92 Å². The van der Waals surface area contributed by atoms with Crippen LogP contribution in [0.5, 0.6) is 11.5 Å². The van der Waals surface area contributed by atoms with Gasteiger partial charge < -0.3 is 30.0 Å². The Morgan fingerprint density at radius 1 is 1.08 bits per heavy atom. The van der Waals surface area contributed by atoms with Crippen LogP contribution in [-0.4, -0.2) is 68.2 Å². The number of piperidine rings is 1. The predicted molar refractivity (Wildman–Crippen MR) is 147 cm³/mol. The highest BCUT2D eigenvalue weighted by molar-refractivity contribution is 5.95. The summed E-state index contributed by atoms with van der Waals surface area (Å²) >= 11 is 0. The second kappa shape index (κ2) is 15.7. The minimum Gasteiger partial charge on any atom is -0.491 e. The third-order valence-corrected chi connectivity index (χ3v) is 6.91. The van der Waals surface area contributed by atoms with E-state index in [1.54, 1.807) is 7.11 Å². The van der Waals surface area contributed by atoms with Gasteiger partial charge in [-0.1, -0.05) is 45.6 Å². The van der Waals surface area contributed by atoms with Gasteiger partial charge in [0.2, 0.25) is 0 Å². The maximum Gasteiger partial charge on any atom is 0.354 e. The summed E-state index contributed by atoms with van der Waals surface area (Å²) in [6, 6.07) is 8.38. The summed E-state index contributed by atoms with van der Waals surface area (Å²) < 4.78 is 16.8. The van der Waals surface area contributed by atoms with Crippen LogP contribution in [0.4, 0.5) is 0 Å². The highest BCUT2D eigenvalue weighted by Gasteiger charge is 2.18. The van der Waals surface area contributed by atoms with Gasteiger partial charge >= 0.3 is 5.97 Å². The number of carbonyl (C=O) groups is 1. The monoisotopic (exact) mass is 515 g/mol. The lowest BCUT2D eigenvalue weighted by Crippen LogP contribution is -2.43. The summed E-state index contributed by atoms with van der Waals surface area (Å²) in [5.41, 5.74) is 0.467. The summed E-state index contributed by atoms with van der Waals surface area (Å²) in [6.45, 7) is 8.14. The van der Waals surface area contributed by atoms with Gasteiger partial charge in [0, 0.05) is 37.2 Å². The number of hydrogen-bond donors (Lipinski definition) is 3. The van der Waals surface area contributed by atoms with Crippen molar-refractivity contribution in [3.8, 4) is 11.5 Å². The van der Waals surface area contributed by atoms with Crippen LogP contribution in [0.2, 0.25) is 0 Å². The molecule has 4 rings (SSSR count). The van der Waals surface area contributed by atoms with E-state index in [0.717, 1.165) is 18.0 Å². The summed E-state index contributed by atoms with van der Waals surface area (Å²) in [5, 5.41) is 17.1. The van der Waals surface area contributed by atoms with Crippen molar-refractivity contribution < 1.29 is 24.1 Å². The molecule has 0 amide bonds. The summed E-state index contributed by atoms with van der Waals surface area (Å²) in [6.07, 6.45) is 10.3. The van der Waals surface area contributed by atoms with E-state index in [1.807, 2.05) is 18.2 Å². The molecule has 1 atom stereocenters. The molecule has 2 fully saturated rings. The van der Waals surface area contributed by atoms with E-state index in [0.29, 0.717) is 48.8 Å². The molecule has 2 aliphatic rings. The summed E-state index contributed by atoms with van der Waals surface area (Å²) in [5.74, 6) is 0.546. The second-order valence-electron chi connectivity index (χ2n) is 10.3. The number of nitrogens with zero attached hydrogens (tertiary/aromatic N) is 1. The Bertz CT molecular complexity index is 956. The fourth-order valence-electron chi connectivity index (χ4n) is 4.81. The maximum absolute atomic E-state index is 11.5. The molecule has 37 heavy (non-hydrogen) atoms. The fraction of sp³-hybridized carbons (Fsp3) is 0.655. The maximum atomic E-state index is 11.5. The molecule has 0 bridgehead atoms. The molecular weight excluding hydrogens is 470 g/mol. The Balaban J connectivity index is 0.000000289. The molecule has 1 aromatic heterocycles.